The van der Waals surface area contributed by atoms with Crippen LogP contribution in [0.1, 0.15) is 33.0 Å². The van der Waals surface area contributed by atoms with E-state index in [2.05, 4.69) is 15.3 Å². The van der Waals surface area contributed by atoms with Gasteiger partial charge in [-0.05, 0) is 32.8 Å². The summed E-state index contributed by atoms with van der Waals surface area (Å²) in [5, 5.41) is 5.28. The van der Waals surface area contributed by atoms with Crippen molar-refractivity contribution in [3.8, 4) is 11.1 Å². The molecule has 0 unspecified atom stereocenters. The molecule has 160 valence electrons. The highest BCUT2D eigenvalue weighted by molar-refractivity contribution is 7.99. The highest BCUT2D eigenvalue weighted by Gasteiger charge is 2.16. The van der Waals surface area contributed by atoms with E-state index in [4.69, 9.17) is 4.74 Å². The Morgan fingerprint density at radius 1 is 1.27 bits per heavy atom. The molecule has 1 amide bonds. The number of H-pyrrole nitrogens is 1. The van der Waals surface area contributed by atoms with Crippen molar-refractivity contribution in [3.63, 3.8) is 0 Å². The molecular formula is C22H27N3O3S2. The Balaban J connectivity index is 1.57. The van der Waals surface area contributed by atoms with Crippen LogP contribution in [0.3, 0.4) is 0 Å². The molecule has 1 atom stereocenters. The van der Waals surface area contributed by atoms with Crippen molar-refractivity contribution in [2.45, 2.75) is 44.3 Å². The maximum Gasteiger partial charge on any atom is 0.260 e. The fourth-order valence-electron chi connectivity index (χ4n) is 2.92. The normalized spacial score (nSPS) is 12.4. The predicted octanol–water partition coefficient (Wildman–Crippen LogP) is 4.20. The van der Waals surface area contributed by atoms with Crippen LogP contribution in [0.4, 0.5) is 0 Å². The van der Waals surface area contributed by atoms with E-state index in [-0.39, 0.29) is 22.8 Å². The fraction of sp³-hybridized carbons (Fsp3) is 0.409. The quantitative estimate of drug-likeness (QED) is 0.457. The number of hydrogen-bond donors (Lipinski definition) is 2. The van der Waals surface area contributed by atoms with Crippen molar-refractivity contribution in [3.05, 3.63) is 51.9 Å². The molecule has 0 radical (unpaired) electrons. The van der Waals surface area contributed by atoms with Crippen LogP contribution in [-0.4, -0.2) is 40.4 Å². The molecule has 2 heterocycles. The molecule has 8 heteroatoms. The summed E-state index contributed by atoms with van der Waals surface area (Å²) in [6, 6.07) is 9.83. The molecule has 0 spiro atoms. The highest BCUT2D eigenvalue weighted by Crippen LogP contribution is 2.30. The largest absolute Gasteiger partial charge is 0.379 e. The number of benzene rings is 1. The zero-order valence-corrected chi connectivity index (χ0v) is 19.1. The molecule has 0 saturated carbocycles. The van der Waals surface area contributed by atoms with E-state index in [0.717, 1.165) is 22.4 Å². The van der Waals surface area contributed by atoms with Gasteiger partial charge in [-0.3, -0.25) is 9.59 Å². The first-order valence-electron chi connectivity index (χ1n) is 10.0. The number of fused-ring (bicyclic) bond motifs is 1. The van der Waals surface area contributed by atoms with Gasteiger partial charge in [-0.15, -0.1) is 23.1 Å². The lowest BCUT2D eigenvalue weighted by atomic mass is 10.1. The van der Waals surface area contributed by atoms with Crippen molar-refractivity contribution < 1.29 is 9.53 Å². The molecule has 0 aliphatic carbocycles. The van der Waals surface area contributed by atoms with Crippen molar-refractivity contribution in [1.29, 1.82) is 0 Å². The van der Waals surface area contributed by atoms with Crippen molar-refractivity contribution in [2.75, 3.05) is 13.2 Å². The number of nitrogens with zero attached hydrogens (tertiary/aromatic N) is 1. The summed E-state index contributed by atoms with van der Waals surface area (Å²) >= 11 is 2.92. The van der Waals surface area contributed by atoms with Gasteiger partial charge >= 0.3 is 0 Å². The first-order valence-corrected chi connectivity index (χ1v) is 11.9. The molecule has 30 heavy (non-hydrogen) atoms. The van der Waals surface area contributed by atoms with Crippen LogP contribution in [0, 0.1) is 0 Å². The topological polar surface area (TPSA) is 84.1 Å². The number of thiophene rings is 1. The van der Waals surface area contributed by atoms with Crippen LogP contribution in [0.25, 0.3) is 21.3 Å². The van der Waals surface area contributed by atoms with E-state index in [1.807, 2.05) is 56.5 Å². The summed E-state index contributed by atoms with van der Waals surface area (Å²) in [5.41, 5.74) is 1.76. The third-order valence-electron chi connectivity index (χ3n) is 4.49. The minimum atomic E-state index is -0.236. The van der Waals surface area contributed by atoms with Gasteiger partial charge in [0.05, 0.1) is 22.5 Å². The monoisotopic (exact) mass is 445 g/mol. The van der Waals surface area contributed by atoms with Gasteiger partial charge in [0.2, 0.25) is 5.91 Å². The van der Waals surface area contributed by atoms with Gasteiger partial charge in [0.1, 0.15) is 10.7 Å². The number of hydrogen-bond acceptors (Lipinski definition) is 6. The fourth-order valence-corrected chi connectivity index (χ4v) is 4.66. The van der Waals surface area contributed by atoms with Crippen molar-refractivity contribution in [2.24, 2.45) is 0 Å². The van der Waals surface area contributed by atoms with Gasteiger partial charge < -0.3 is 15.0 Å². The predicted molar refractivity (Wildman–Crippen MR) is 125 cm³/mol. The number of rotatable bonds is 10. The van der Waals surface area contributed by atoms with Gasteiger partial charge in [0.25, 0.3) is 5.56 Å². The summed E-state index contributed by atoms with van der Waals surface area (Å²) in [6.45, 7) is 7.07. The van der Waals surface area contributed by atoms with Crippen LogP contribution in [0.15, 0.2) is 40.5 Å². The molecule has 0 fully saturated rings. The standard InChI is InChI=1S/C22H27N3O3S2/c1-14(2)28-11-7-10-23-20(26)15(3)29-13-18-24-21(27)19-17(12-30-22(19)25-18)16-8-5-4-6-9-16/h4-6,8-9,12,14-15H,7,10-11,13H2,1-3H3,(H,23,26)(H,24,25,27)/t15-/m0/s1. The molecular weight excluding hydrogens is 418 g/mol. The summed E-state index contributed by atoms with van der Waals surface area (Å²) in [5.74, 6) is 1.04. The van der Waals surface area contributed by atoms with E-state index < -0.39 is 0 Å². The maximum atomic E-state index is 12.7. The summed E-state index contributed by atoms with van der Waals surface area (Å²) in [7, 11) is 0. The third-order valence-corrected chi connectivity index (χ3v) is 6.52. The number of carbonyl (C=O) groups is 1. The first-order chi connectivity index (χ1) is 14.5. The number of thioether (sulfide) groups is 1. The number of aromatic amines is 1. The molecule has 2 N–H and O–H groups in total. The van der Waals surface area contributed by atoms with Crippen molar-refractivity contribution >= 4 is 39.2 Å². The lowest BCUT2D eigenvalue weighted by molar-refractivity contribution is -0.120. The molecule has 3 aromatic rings. The second-order valence-electron chi connectivity index (χ2n) is 7.23. The number of amides is 1. The van der Waals surface area contributed by atoms with E-state index in [1.165, 1.54) is 23.1 Å². The number of ether oxygens (including phenoxy) is 1. The highest BCUT2D eigenvalue weighted by atomic mass is 32.2. The Morgan fingerprint density at radius 3 is 2.77 bits per heavy atom. The Labute approximate surface area is 184 Å². The summed E-state index contributed by atoms with van der Waals surface area (Å²) in [4.78, 5) is 33.1. The summed E-state index contributed by atoms with van der Waals surface area (Å²) in [6.07, 6.45) is 0.990. The lowest BCUT2D eigenvalue weighted by Gasteiger charge is -2.12. The van der Waals surface area contributed by atoms with Gasteiger partial charge in [-0.1, -0.05) is 30.3 Å². The molecule has 0 saturated heterocycles. The Bertz CT molecular complexity index is 1030. The molecule has 0 bridgehead atoms. The average Bonchev–Trinajstić information content (AvgIpc) is 3.16. The minimum absolute atomic E-state index is 0.0181. The smallest absolute Gasteiger partial charge is 0.260 e. The Hall–Kier alpha value is -2.16. The van der Waals surface area contributed by atoms with Crippen LogP contribution in [0.5, 0.6) is 0 Å². The van der Waals surface area contributed by atoms with Crippen LogP contribution >= 0.6 is 23.1 Å². The zero-order chi connectivity index (χ0) is 21.5. The molecule has 6 nitrogen and oxygen atoms in total. The number of aromatic nitrogens is 2. The van der Waals surface area contributed by atoms with E-state index in [1.54, 1.807) is 0 Å². The van der Waals surface area contributed by atoms with Crippen LogP contribution in [-0.2, 0) is 15.3 Å². The van der Waals surface area contributed by atoms with E-state index in [0.29, 0.717) is 30.1 Å². The number of carbonyl (C=O) groups excluding carboxylic acids is 1. The molecule has 1 aromatic carbocycles. The second-order valence-corrected chi connectivity index (χ2v) is 9.41. The SMILES string of the molecule is CC(C)OCCCNC(=O)[C@H](C)SCc1nc2scc(-c3ccccc3)c2c(=O)[nH]1. The van der Waals surface area contributed by atoms with Gasteiger partial charge in [-0.2, -0.15) is 0 Å². The Kier molecular flexibility index (Phi) is 8.07. The van der Waals surface area contributed by atoms with E-state index >= 15 is 0 Å². The second kappa shape index (κ2) is 10.7. The van der Waals surface area contributed by atoms with Crippen LogP contribution < -0.4 is 10.9 Å². The molecule has 0 aliphatic rings. The van der Waals surface area contributed by atoms with E-state index in [9.17, 15) is 9.59 Å². The Morgan fingerprint density at radius 2 is 2.03 bits per heavy atom. The summed E-state index contributed by atoms with van der Waals surface area (Å²) < 4.78 is 5.47. The van der Waals surface area contributed by atoms with Crippen molar-refractivity contribution in [1.82, 2.24) is 15.3 Å². The molecule has 2 aromatic heterocycles. The average molecular weight is 446 g/mol. The van der Waals surface area contributed by atoms with Crippen LogP contribution in [0.2, 0.25) is 0 Å². The third kappa shape index (κ3) is 5.93. The molecule has 3 rings (SSSR count). The minimum Gasteiger partial charge on any atom is -0.379 e. The van der Waals surface area contributed by atoms with Gasteiger partial charge in [0, 0.05) is 24.1 Å². The maximum absolute atomic E-state index is 12.7. The van der Waals surface area contributed by atoms with Gasteiger partial charge in [-0.25, -0.2) is 4.98 Å². The molecule has 0 aliphatic heterocycles. The first kappa shape index (κ1) is 22.5. The lowest BCUT2D eigenvalue weighted by Crippen LogP contribution is -2.32. The zero-order valence-electron chi connectivity index (χ0n) is 17.4. The number of nitrogens with one attached hydrogen (secondary N) is 2. The van der Waals surface area contributed by atoms with Gasteiger partial charge in [0.15, 0.2) is 0 Å².